The second kappa shape index (κ2) is 5.56. The van der Waals surface area contributed by atoms with Crippen molar-refractivity contribution in [3.8, 4) is 0 Å². The van der Waals surface area contributed by atoms with Gasteiger partial charge in [0.1, 0.15) is 17.4 Å². The van der Waals surface area contributed by atoms with Crippen LogP contribution in [-0.2, 0) is 11.1 Å². The maximum absolute atomic E-state index is 10.6. The molecule has 0 saturated carbocycles. The first-order valence-corrected chi connectivity index (χ1v) is 8.54. The van der Waals surface area contributed by atoms with E-state index in [9.17, 15) is 10.3 Å². The van der Waals surface area contributed by atoms with Gasteiger partial charge in [-0.05, 0) is 57.0 Å². The molecule has 1 atom stereocenters. The van der Waals surface area contributed by atoms with Crippen molar-refractivity contribution in [2.24, 2.45) is 0 Å². The number of aliphatic hydroxyl groups excluding tert-OH is 1. The highest BCUT2D eigenvalue weighted by Crippen LogP contribution is 2.49. The summed E-state index contributed by atoms with van der Waals surface area (Å²) >= 11 is 0. The average Bonchev–Trinajstić information content (AvgIpc) is 2.97. The normalized spacial score (nSPS) is 20.7. The first kappa shape index (κ1) is 17.4. The number of hydrogen-bond acceptors (Lipinski definition) is 5. The summed E-state index contributed by atoms with van der Waals surface area (Å²) in [6.07, 6.45) is -0.676. The Bertz CT molecular complexity index is 708. The molecule has 3 N–H and O–H groups in total. The molecule has 3 rings (SSSR count). The molecule has 132 valence electrons. The van der Waals surface area contributed by atoms with E-state index in [2.05, 4.69) is 11.4 Å². The molecule has 0 aliphatic carbocycles. The van der Waals surface area contributed by atoms with Gasteiger partial charge in [-0.25, -0.2) is 0 Å². The summed E-state index contributed by atoms with van der Waals surface area (Å²) in [4.78, 5) is 0. The lowest BCUT2D eigenvalue weighted by atomic mass is 9.89. The van der Waals surface area contributed by atoms with E-state index >= 15 is 0 Å². The van der Waals surface area contributed by atoms with Crippen LogP contribution in [0.4, 0.5) is 0 Å². The smallest absolute Gasteiger partial charge is 0.135 e. The van der Waals surface area contributed by atoms with E-state index in [0.717, 1.165) is 22.1 Å². The van der Waals surface area contributed by atoms with Gasteiger partial charge >= 0.3 is 0 Å². The zero-order valence-electron chi connectivity index (χ0n) is 15.3. The Morgan fingerprint density at radius 1 is 1.08 bits per heavy atom. The van der Waals surface area contributed by atoms with E-state index in [1.54, 1.807) is 0 Å². The molecule has 0 fully saturated rings. The van der Waals surface area contributed by atoms with Crippen molar-refractivity contribution in [1.82, 2.24) is 10.4 Å². The fourth-order valence-corrected chi connectivity index (χ4v) is 3.66. The molecule has 5 heteroatoms. The standard InChI is InChI=1S/C19H28N2O3/c1-11(2)20-10-15(22)17-8-12-7-13-14(9-16(12)24-17)19(5,6)21(23)18(13,3)4/h7-9,11,15,20,22-23H,10H2,1-6H3. The number of benzene rings is 1. The summed E-state index contributed by atoms with van der Waals surface area (Å²) in [5.41, 5.74) is 1.93. The van der Waals surface area contributed by atoms with Crippen LogP contribution in [0.2, 0.25) is 0 Å². The third-order valence-corrected chi connectivity index (χ3v) is 5.10. The number of nitrogens with one attached hydrogen (secondary N) is 1. The quantitative estimate of drug-likeness (QED) is 0.797. The predicted molar refractivity (Wildman–Crippen MR) is 94.0 cm³/mol. The monoisotopic (exact) mass is 332 g/mol. The lowest BCUT2D eigenvalue weighted by Gasteiger charge is -2.34. The van der Waals surface area contributed by atoms with Crippen LogP contribution in [0.25, 0.3) is 11.0 Å². The van der Waals surface area contributed by atoms with Crippen molar-refractivity contribution < 1.29 is 14.7 Å². The highest BCUT2D eigenvalue weighted by Gasteiger charge is 2.49. The Hall–Kier alpha value is -1.40. The zero-order chi connectivity index (χ0) is 17.9. The lowest BCUT2D eigenvalue weighted by Crippen LogP contribution is -2.42. The Balaban J connectivity index is 2.02. The van der Waals surface area contributed by atoms with Crippen LogP contribution in [0.3, 0.4) is 0 Å². The Morgan fingerprint density at radius 3 is 2.25 bits per heavy atom. The van der Waals surface area contributed by atoms with Crippen molar-refractivity contribution in [2.45, 2.75) is 64.8 Å². The Morgan fingerprint density at radius 2 is 1.67 bits per heavy atom. The van der Waals surface area contributed by atoms with Crippen LogP contribution >= 0.6 is 0 Å². The third-order valence-electron chi connectivity index (χ3n) is 5.10. The van der Waals surface area contributed by atoms with Crippen LogP contribution < -0.4 is 5.32 Å². The molecule has 2 heterocycles. The Kier molecular flexibility index (Phi) is 4.04. The van der Waals surface area contributed by atoms with Crippen molar-refractivity contribution >= 4 is 11.0 Å². The molecule has 0 amide bonds. The van der Waals surface area contributed by atoms with Crippen molar-refractivity contribution in [3.63, 3.8) is 0 Å². The molecule has 0 spiro atoms. The van der Waals surface area contributed by atoms with Crippen LogP contribution in [0.5, 0.6) is 0 Å². The number of fused-ring (bicyclic) bond motifs is 2. The third kappa shape index (κ3) is 2.56. The van der Waals surface area contributed by atoms with Crippen molar-refractivity contribution in [3.05, 3.63) is 35.1 Å². The van der Waals surface area contributed by atoms with E-state index in [-0.39, 0.29) is 0 Å². The van der Waals surface area contributed by atoms with Gasteiger partial charge in [-0.15, -0.1) is 0 Å². The first-order valence-electron chi connectivity index (χ1n) is 8.54. The predicted octanol–water partition coefficient (Wildman–Crippen LogP) is 3.64. The number of nitrogens with zero attached hydrogens (tertiary/aromatic N) is 1. The molecule has 0 bridgehead atoms. The van der Waals surface area contributed by atoms with Gasteiger partial charge in [-0.1, -0.05) is 13.8 Å². The summed E-state index contributed by atoms with van der Waals surface area (Å²) in [5.74, 6) is 0.568. The van der Waals surface area contributed by atoms with E-state index < -0.39 is 17.2 Å². The number of hydrogen-bond donors (Lipinski definition) is 3. The molecular weight excluding hydrogens is 304 g/mol. The summed E-state index contributed by atoms with van der Waals surface area (Å²) < 4.78 is 5.89. The van der Waals surface area contributed by atoms with Gasteiger partial charge in [-0.3, -0.25) is 0 Å². The second-order valence-corrected chi connectivity index (χ2v) is 8.09. The molecule has 1 unspecified atom stereocenters. The Labute approximate surface area is 143 Å². The number of hydroxylamine groups is 2. The van der Waals surface area contributed by atoms with Crippen molar-refractivity contribution in [1.29, 1.82) is 0 Å². The molecule has 1 aromatic heterocycles. The van der Waals surface area contributed by atoms with Gasteiger partial charge in [0.2, 0.25) is 0 Å². The molecule has 0 radical (unpaired) electrons. The average molecular weight is 332 g/mol. The van der Waals surface area contributed by atoms with Gasteiger partial charge in [0.15, 0.2) is 0 Å². The van der Waals surface area contributed by atoms with Crippen LogP contribution in [0, 0.1) is 0 Å². The van der Waals surface area contributed by atoms with Crippen LogP contribution in [-0.4, -0.2) is 28.0 Å². The fraction of sp³-hybridized carbons (Fsp3) is 0.579. The summed E-state index contributed by atoms with van der Waals surface area (Å²) in [5, 5.41) is 26.5. The largest absolute Gasteiger partial charge is 0.458 e. The van der Waals surface area contributed by atoms with E-state index in [0.29, 0.717) is 18.3 Å². The van der Waals surface area contributed by atoms with Crippen molar-refractivity contribution in [2.75, 3.05) is 6.54 Å². The summed E-state index contributed by atoms with van der Waals surface area (Å²) in [7, 11) is 0. The van der Waals surface area contributed by atoms with Crippen LogP contribution in [0.1, 0.15) is 64.5 Å². The molecule has 24 heavy (non-hydrogen) atoms. The SMILES string of the molecule is CC(C)NCC(O)c1cc2cc3c(cc2o1)C(C)(C)N(O)C3(C)C. The molecule has 1 aliphatic heterocycles. The minimum atomic E-state index is -0.676. The van der Waals surface area contributed by atoms with E-state index in [1.165, 1.54) is 5.06 Å². The van der Waals surface area contributed by atoms with Gasteiger partial charge in [0, 0.05) is 18.0 Å². The maximum Gasteiger partial charge on any atom is 0.135 e. The summed E-state index contributed by atoms with van der Waals surface area (Å²) in [6, 6.07) is 6.27. The first-order chi connectivity index (χ1) is 11.0. The highest BCUT2D eigenvalue weighted by molar-refractivity contribution is 5.81. The topological polar surface area (TPSA) is 68.9 Å². The second-order valence-electron chi connectivity index (χ2n) is 8.09. The number of rotatable bonds is 4. The lowest BCUT2D eigenvalue weighted by molar-refractivity contribution is -0.216. The molecular formula is C19H28N2O3. The molecule has 1 aromatic carbocycles. The number of furan rings is 1. The molecule has 2 aromatic rings. The molecule has 5 nitrogen and oxygen atoms in total. The minimum absolute atomic E-state index is 0.310. The fourth-order valence-electron chi connectivity index (χ4n) is 3.66. The van der Waals surface area contributed by atoms with Gasteiger partial charge in [0.05, 0.1) is 11.1 Å². The van der Waals surface area contributed by atoms with E-state index in [4.69, 9.17) is 4.42 Å². The number of aliphatic hydroxyl groups is 1. The van der Waals surface area contributed by atoms with Gasteiger partial charge in [0.25, 0.3) is 0 Å². The maximum atomic E-state index is 10.6. The summed E-state index contributed by atoms with van der Waals surface area (Å²) in [6.45, 7) is 12.6. The minimum Gasteiger partial charge on any atom is -0.458 e. The van der Waals surface area contributed by atoms with Crippen LogP contribution in [0.15, 0.2) is 22.6 Å². The van der Waals surface area contributed by atoms with Gasteiger partial charge in [-0.2, -0.15) is 5.06 Å². The highest BCUT2D eigenvalue weighted by atomic mass is 16.5. The zero-order valence-corrected chi connectivity index (χ0v) is 15.3. The molecule has 1 aliphatic rings. The molecule has 0 saturated heterocycles. The van der Waals surface area contributed by atoms with Gasteiger partial charge < -0.3 is 20.0 Å². The van der Waals surface area contributed by atoms with E-state index in [1.807, 2.05) is 53.7 Å².